The molecular formula is C18H31N4O4S+. The van der Waals surface area contributed by atoms with E-state index in [-0.39, 0.29) is 23.0 Å². The molecule has 1 heterocycles. The summed E-state index contributed by atoms with van der Waals surface area (Å²) >= 11 is 0. The molecule has 0 saturated carbocycles. The van der Waals surface area contributed by atoms with E-state index in [1.807, 2.05) is 32.8 Å². The van der Waals surface area contributed by atoms with Gasteiger partial charge in [-0.25, -0.2) is 12.7 Å². The van der Waals surface area contributed by atoms with E-state index in [0.717, 1.165) is 28.0 Å². The lowest BCUT2D eigenvalue weighted by Crippen LogP contribution is -3.16. The summed E-state index contributed by atoms with van der Waals surface area (Å²) in [5.41, 5.74) is 1.24. The predicted octanol–water partition coefficient (Wildman–Crippen LogP) is -0.366. The zero-order valence-corrected chi connectivity index (χ0v) is 17.8. The molecule has 0 bridgehead atoms. The normalized spacial score (nSPS) is 23.3. The predicted molar refractivity (Wildman–Crippen MR) is 106 cm³/mol. The van der Waals surface area contributed by atoms with Crippen LogP contribution in [0.5, 0.6) is 0 Å². The Morgan fingerprint density at radius 3 is 2.30 bits per heavy atom. The fourth-order valence-electron chi connectivity index (χ4n) is 3.33. The SMILES string of the molecule is C[C@@H]1C[NH+](CC(=O)Nc2cc(S(=O)(=O)N(C)C)ccc2N(C)C)C[C@H](C)O1. The van der Waals surface area contributed by atoms with E-state index in [4.69, 9.17) is 4.74 Å². The molecule has 1 fully saturated rings. The number of quaternary nitrogens is 1. The van der Waals surface area contributed by atoms with Gasteiger partial charge in [0.1, 0.15) is 25.3 Å². The molecule has 2 rings (SSSR count). The first-order chi connectivity index (χ1) is 12.5. The van der Waals surface area contributed by atoms with Crippen molar-refractivity contribution in [3.8, 4) is 0 Å². The maximum absolute atomic E-state index is 12.6. The maximum atomic E-state index is 12.6. The van der Waals surface area contributed by atoms with E-state index in [1.54, 1.807) is 12.1 Å². The van der Waals surface area contributed by atoms with Crippen LogP contribution in [0.4, 0.5) is 11.4 Å². The van der Waals surface area contributed by atoms with Crippen LogP contribution in [0.15, 0.2) is 23.1 Å². The van der Waals surface area contributed by atoms with Crippen molar-refractivity contribution in [3.63, 3.8) is 0 Å². The van der Waals surface area contributed by atoms with Gasteiger partial charge in [0.15, 0.2) is 6.54 Å². The third-order valence-corrected chi connectivity index (χ3v) is 6.34. The summed E-state index contributed by atoms with van der Waals surface area (Å²) in [4.78, 5) is 15.8. The van der Waals surface area contributed by atoms with Gasteiger partial charge in [-0.15, -0.1) is 0 Å². The Balaban J connectivity index is 2.21. The number of nitrogens with zero attached hydrogens (tertiary/aromatic N) is 2. The van der Waals surface area contributed by atoms with Gasteiger partial charge in [-0.3, -0.25) is 4.79 Å². The smallest absolute Gasteiger partial charge is 0.279 e. The first-order valence-corrected chi connectivity index (χ1v) is 10.5. The van der Waals surface area contributed by atoms with Gasteiger partial charge in [0.25, 0.3) is 5.91 Å². The fourth-order valence-corrected chi connectivity index (χ4v) is 4.26. The van der Waals surface area contributed by atoms with Crippen molar-refractivity contribution in [2.75, 3.05) is 58.0 Å². The van der Waals surface area contributed by atoms with Gasteiger partial charge >= 0.3 is 0 Å². The van der Waals surface area contributed by atoms with Crippen molar-refractivity contribution in [2.24, 2.45) is 0 Å². The zero-order chi connectivity index (χ0) is 20.4. The van der Waals surface area contributed by atoms with Gasteiger partial charge in [0.2, 0.25) is 10.0 Å². The van der Waals surface area contributed by atoms with Crippen molar-refractivity contribution in [1.82, 2.24) is 4.31 Å². The number of sulfonamides is 1. The van der Waals surface area contributed by atoms with E-state index in [1.165, 1.54) is 20.2 Å². The summed E-state index contributed by atoms with van der Waals surface area (Å²) in [5.74, 6) is -0.145. The average molecular weight is 400 g/mol. The molecule has 1 aromatic rings. The van der Waals surface area contributed by atoms with Gasteiger partial charge in [0.05, 0.1) is 16.3 Å². The zero-order valence-electron chi connectivity index (χ0n) is 16.9. The molecule has 0 radical (unpaired) electrons. The largest absolute Gasteiger partial charge is 0.376 e. The molecule has 1 aliphatic heterocycles. The van der Waals surface area contributed by atoms with Gasteiger partial charge in [-0.05, 0) is 32.0 Å². The van der Waals surface area contributed by atoms with Crippen LogP contribution < -0.4 is 15.1 Å². The molecule has 8 nitrogen and oxygen atoms in total. The average Bonchev–Trinajstić information content (AvgIpc) is 2.53. The summed E-state index contributed by atoms with van der Waals surface area (Å²) in [5, 5.41) is 2.90. The number of rotatable bonds is 6. The minimum Gasteiger partial charge on any atom is -0.376 e. The number of amides is 1. The third kappa shape index (κ3) is 5.41. The van der Waals surface area contributed by atoms with Crippen LogP contribution in [-0.2, 0) is 19.6 Å². The van der Waals surface area contributed by atoms with Crippen molar-refractivity contribution in [1.29, 1.82) is 0 Å². The van der Waals surface area contributed by atoms with Crippen LogP contribution in [0.1, 0.15) is 13.8 Å². The number of hydrogen-bond acceptors (Lipinski definition) is 5. The molecule has 27 heavy (non-hydrogen) atoms. The van der Waals surface area contributed by atoms with Crippen LogP contribution in [0.25, 0.3) is 0 Å². The number of morpholine rings is 1. The minimum atomic E-state index is -3.58. The minimum absolute atomic E-state index is 0.113. The molecule has 1 amide bonds. The highest BCUT2D eigenvalue weighted by Crippen LogP contribution is 2.28. The summed E-state index contributed by atoms with van der Waals surface area (Å²) in [6.45, 7) is 5.87. The van der Waals surface area contributed by atoms with Crippen LogP contribution in [0.2, 0.25) is 0 Å². The molecule has 0 spiro atoms. The van der Waals surface area contributed by atoms with Crippen molar-refractivity contribution in [2.45, 2.75) is 31.0 Å². The van der Waals surface area contributed by atoms with E-state index in [9.17, 15) is 13.2 Å². The second-order valence-corrected chi connectivity index (χ2v) is 9.65. The molecule has 3 atom stereocenters. The van der Waals surface area contributed by atoms with E-state index in [2.05, 4.69) is 5.32 Å². The van der Waals surface area contributed by atoms with E-state index >= 15 is 0 Å². The molecule has 1 aliphatic rings. The van der Waals surface area contributed by atoms with Crippen LogP contribution in [0.3, 0.4) is 0 Å². The molecule has 1 aromatic carbocycles. The lowest BCUT2D eigenvalue weighted by atomic mass is 10.2. The van der Waals surface area contributed by atoms with E-state index < -0.39 is 10.0 Å². The number of carbonyl (C=O) groups excluding carboxylic acids is 1. The molecule has 1 saturated heterocycles. The monoisotopic (exact) mass is 399 g/mol. The number of nitrogens with one attached hydrogen (secondary N) is 2. The second-order valence-electron chi connectivity index (χ2n) is 7.50. The lowest BCUT2D eigenvalue weighted by molar-refractivity contribution is -0.907. The summed E-state index contributed by atoms with van der Waals surface area (Å²) < 4.78 is 31.7. The highest BCUT2D eigenvalue weighted by Gasteiger charge is 2.27. The first kappa shape index (κ1) is 21.6. The second kappa shape index (κ2) is 8.55. The Kier molecular flexibility index (Phi) is 6.85. The molecule has 0 aromatic heterocycles. The topological polar surface area (TPSA) is 83.4 Å². The van der Waals surface area contributed by atoms with Gasteiger partial charge in [-0.1, -0.05) is 0 Å². The number of hydrogen-bond donors (Lipinski definition) is 2. The van der Waals surface area contributed by atoms with E-state index in [0.29, 0.717) is 12.2 Å². The van der Waals surface area contributed by atoms with Crippen molar-refractivity contribution >= 4 is 27.3 Å². The fraction of sp³-hybridized carbons (Fsp3) is 0.611. The Bertz CT molecular complexity index is 770. The Labute approximate surface area is 162 Å². The third-order valence-electron chi connectivity index (χ3n) is 4.53. The van der Waals surface area contributed by atoms with Gasteiger partial charge < -0.3 is 19.9 Å². The van der Waals surface area contributed by atoms with Gasteiger partial charge in [0, 0.05) is 28.2 Å². The Morgan fingerprint density at radius 1 is 1.19 bits per heavy atom. The summed E-state index contributed by atoms with van der Waals surface area (Å²) in [6, 6.07) is 4.77. The highest BCUT2D eigenvalue weighted by atomic mass is 32.2. The van der Waals surface area contributed by atoms with Crippen LogP contribution in [0, 0.1) is 0 Å². The lowest BCUT2D eigenvalue weighted by Gasteiger charge is -2.32. The summed E-state index contributed by atoms with van der Waals surface area (Å²) in [7, 11) is 3.09. The maximum Gasteiger partial charge on any atom is 0.279 e. The highest BCUT2D eigenvalue weighted by molar-refractivity contribution is 7.89. The number of ether oxygens (including phenoxy) is 1. The van der Waals surface area contributed by atoms with Gasteiger partial charge in [-0.2, -0.15) is 0 Å². The van der Waals surface area contributed by atoms with Crippen LogP contribution >= 0.6 is 0 Å². The molecule has 9 heteroatoms. The quantitative estimate of drug-likeness (QED) is 0.682. The molecule has 1 unspecified atom stereocenters. The van der Waals surface area contributed by atoms with Crippen LogP contribution in [-0.4, -0.2) is 78.7 Å². The first-order valence-electron chi connectivity index (χ1n) is 9.03. The Morgan fingerprint density at radius 2 is 1.78 bits per heavy atom. The number of carbonyl (C=O) groups is 1. The van der Waals surface area contributed by atoms with Crippen molar-refractivity contribution in [3.05, 3.63) is 18.2 Å². The summed E-state index contributed by atoms with van der Waals surface area (Å²) in [6.07, 6.45) is 0.227. The number of anilines is 2. The molecule has 0 aliphatic carbocycles. The molecule has 152 valence electrons. The molecule has 2 N–H and O–H groups in total. The standard InChI is InChI=1S/C18H30N4O4S/c1-13-10-22(11-14(2)26-13)12-18(23)19-16-9-15(27(24,25)21(5)6)7-8-17(16)20(3)4/h7-9,13-14H,10-12H2,1-6H3,(H,19,23)/p+1/t13-,14+. The Hall–Kier alpha value is -1.68. The molecular weight excluding hydrogens is 368 g/mol. The van der Waals surface area contributed by atoms with Crippen molar-refractivity contribution < 1.29 is 22.8 Å². The number of benzene rings is 1.